The number of hydrogen-bond acceptors (Lipinski definition) is 5. The number of fused-ring (bicyclic) bond motifs is 1. The second-order valence-corrected chi connectivity index (χ2v) is 8.27. The van der Waals surface area contributed by atoms with E-state index in [9.17, 15) is 4.79 Å². The Hall–Kier alpha value is -4.29. The van der Waals surface area contributed by atoms with E-state index < -0.39 is 17.7 Å². The van der Waals surface area contributed by atoms with Gasteiger partial charge in [0, 0.05) is 16.8 Å². The predicted molar refractivity (Wildman–Crippen MR) is 134 cm³/mol. The number of benzene rings is 4. The van der Waals surface area contributed by atoms with Crippen LogP contribution < -0.4 is 20.5 Å². The number of anilines is 1. The van der Waals surface area contributed by atoms with Gasteiger partial charge in [0.05, 0.1) is 7.11 Å². The van der Waals surface area contributed by atoms with Crippen molar-refractivity contribution >= 4 is 11.6 Å². The zero-order valence-electron chi connectivity index (χ0n) is 19.3. The first-order chi connectivity index (χ1) is 17.1. The van der Waals surface area contributed by atoms with E-state index in [0.717, 1.165) is 27.9 Å². The van der Waals surface area contributed by atoms with Crippen LogP contribution in [0.2, 0.25) is 0 Å². The molecule has 35 heavy (non-hydrogen) atoms. The van der Waals surface area contributed by atoms with E-state index in [4.69, 9.17) is 19.9 Å². The van der Waals surface area contributed by atoms with Crippen molar-refractivity contribution in [3.63, 3.8) is 0 Å². The van der Waals surface area contributed by atoms with Crippen molar-refractivity contribution < 1.29 is 19.0 Å². The Morgan fingerprint density at radius 2 is 1.51 bits per heavy atom. The van der Waals surface area contributed by atoms with Crippen molar-refractivity contribution in [2.24, 2.45) is 5.73 Å². The Labute approximate surface area is 204 Å². The summed E-state index contributed by atoms with van der Waals surface area (Å²) in [5.41, 5.74) is 9.29. The number of methoxy groups -OCH3 is 1. The lowest BCUT2D eigenvalue weighted by molar-refractivity contribution is -0.119. The summed E-state index contributed by atoms with van der Waals surface area (Å²) in [6, 6.07) is 34.2. The summed E-state index contributed by atoms with van der Waals surface area (Å²) in [6.45, 7) is -0.230. The van der Waals surface area contributed by atoms with Crippen LogP contribution in [-0.4, -0.2) is 19.6 Å². The molecule has 0 spiro atoms. The number of nitrogens with one attached hydrogen (secondary N) is 1. The molecule has 1 aliphatic heterocycles. The maximum atomic E-state index is 11.2. The Morgan fingerprint density at radius 1 is 0.886 bits per heavy atom. The predicted octanol–water partition coefficient (Wildman–Crippen LogP) is 4.99. The standard InChI is InChI=1S/C29H26N2O4/c1-33-26-18-20(16-17-25(26)34-19-27(30)32)28-31-24-15-9-8-14-23(24)29(35-28,21-10-4-2-5-11-21)22-12-6-3-7-13-22/h2-18,28,31H,19H2,1H3,(H2,30,32). The zero-order chi connectivity index (χ0) is 24.3. The van der Waals surface area contributed by atoms with Gasteiger partial charge in [0.25, 0.3) is 5.91 Å². The van der Waals surface area contributed by atoms with Gasteiger partial charge in [-0.2, -0.15) is 0 Å². The quantitative estimate of drug-likeness (QED) is 0.401. The second-order valence-electron chi connectivity index (χ2n) is 8.27. The Balaban J connectivity index is 1.65. The molecule has 4 aromatic rings. The van der Waals surface area contributed by atoms with Gasteiger partial charge < -0.3 is 25.3 Å². The van der Waals surface area contributed by atoms with E-state index in [2.05, 4.69) is 41.7 Å². The second kappa shape index (κ2) is 9.52. The van der Waals surface area contributed by atoms with Gasteiger partial charge in [-0.3, -0.25) is 4.79 Å². The van der Waals surface area contributed by atoms with E-state index in [1.807, 2.05) is 60.7 Å². The van der Waals surface area contributed by atoms with E-state index in [1.165, 1.54) is 0 Å². The van der Waals surface area contributed by atoms with Gasteiger partial charge in [0.2, 0.25) is 0 Å². The third kappa shape index (κ3) is 4.20. The molecule has 0 aliphatic carbocycles. The Morgan fingerprint density at radius 3 is 2.14 bits per heavy atom. The van der Waals surface area contributed by atoms with Crippen LogP contribution in [0, 0.1) is 0 Å². The Kier molecular flexibility index (Phi) is 6.12. The average Bonchev–Trinajstić information content (AvgIpc) is 2.92. The van der Waals surface area contributed by atoms with Crippen molar-refractivity contribution in [1.29, 1.82) is 0 Å². The minimum absolute atomic E-state index is 0.230. The van der Waals surface area contributed by atoms with Crippen LogP contribution in [0.3, 0.4) is 0 Å². The third-order valence-corrected chi connectivity index (χ3v) is 6.11. The van der Waals surface area contributed by atoms with E-state index in [1.54, 1.807) is 13.2 Å². The maximum absolute atomic E-state index is 11.2. The summed E-state index contributed by atoms with van der Waals surface area (Å²) in [5, 5.41) is 3.54. The molecule has 6 heteroatoms. The fourth-order valence-corrected chi connectivity index (χ4v) is 4.55. The molecular weight excluding hydrogens is 440 g/mol. The number of para-hydroxylation sites is 1. The third-order valence-electron chi connectivity index (χ3n) is 6.11. The normalized spacial score (nSPS) is 16.0. The summed E-state index contributed by atoms with van der Waals surface area (Å²) in [4.78, 5) is 11.2. The van der Waals surface area contributed by atoms with Crippen molar-refractivity contribution in [1.82, 2.24) is 0 Å². The van der Waals surface area contributed by atoms with Crippen LogP contribution >= 0.6 is 0 Å². The molecule has 1 atom stereocenters. The highest BCUT2D eigenvalue weighted by molar-refractivity contribution is 5.75. The van der Waals surface area contributed by atoms with Gasteiger partial charge >= 0.3 is 0 Å². The fourth-order valence-electron chi connectivity index (χ4n) is 4.55. The van der Waals surface area contributed by atoms with Crippen LogP contribution in [0.15, 0.2) is 103 Å². The summed E-state index contributed by atoms with van der Waals surface area (Å²) >= 11 is 0. The molecule has 3 N–H and O–H groups in total. The first-order valence-electron chi connectivity index (χ1n) is 11.4. The van der Waals surface area contributed by atoms with Crippen LogP contribution in [-0.2, 0) is 15.1 Å². The summed E-state index contributed by atoms with van der Waals surface area (Å²) < 4.78 is 18.1. The molecule has 0 aromatic heterocycles. The van der Waals surface area contributed by atoms with Gasteiger partial charge in [-0.25, -0.2) is 0 Å². The van der Waals surface area contributed by atoms with Crippen LogP contribution in [0.4, 0.5) is 5.69 Å². The van der Waals surface area contributed by atoms with Gasteiger partial charge in [-0.1, -0.05) is 84.9 Å². The molecule has 0 fully saturated rings. The number of carbonyl (C=O) groups is 1. The Bertz CT molecular complexity index is 1290. The molecule has 176 valence electrons. The minimum atomic E-state index is -0.844. The lowest BCUT2D eigenvalue weighted by atomic mass is 9.78. The molecule has 1 aliphatic rings. The molecule has 1 unspecified atom stereocenters. The fraction of sp³-hybridized carbons (Fsp3) is 0.138. The minimum Gasteiger partial charge on any atom is -0.493 e. The molecule has 5 rings (SSSR count). The van der Waals surface area contributed by atoms with Crippen molar-refractivity contribution in [2.75, 3.05) is 19.0 Å². The summed E-state index contributed by atoms with van der Waals surface area (Å²) in [5.74, 6) is 0.363. The van der Waals surface area contributed by atoms with Crippen molar-refractivity contribution in [3.8, 4) is 11.5 Å². The highest BCUT2D eigenvalue weighted by Gasteiger charge is 2.45. The molecule has 4 aromatic carbocycles. The first-order valence-corrected chi connectivity index (χ1v) is 11.4. The number of primary amides is 1. The molecule has 0 saturated heterocycles. The van der Waals surface area contributed by atoms with Gasteiger partial charge in [-0.15, -0.1) is 0 Å². The number of carbonyl (C=O) groups excluding carboxylic acids is 1. The lowest BCUT2D eigenvalue weighted by Gasteiger charge is -2.44. The SMILES string of the molecule is COc1cc(C2Nc3ccccc3C(c3ccccc3)(c3ccccc3)O2)ccc1OCC(N)=O. The average molecular weight is 467 g/mol. The van der Waals surface area contributed by atoms with Crippen LogP contribution in [0.25, 0.3) is 0 Å². The molecule has 0 bridgehead atoms. The van der Waals surface area contributed by atoms with Gasteiger partial charge in [-0.05, 0) is 29.3 Å². The zero-order valence-corrected chi connectivity index (χ0v) is 19.3. The smallest absolute Gasteiger partial charge is 0.255 e. The van der Waals surface area contributed by atoms with Crippen molar-refractivity contribution in [2.45, 2.75) is 11.8 Å². The molecule has 1 amide bonds. The number of hydrogen-bond donors (Lipinski definition) is 2. The van der Waals surface area contributed by atoms with Gasteiger partial charge in [0.1, 0.15) is 5.60 Å². The summed E-state index contributed by atoms with van der Waals surface area (Å²) in [7, 11) is 1.55. The lowest BCUT2D eigenvalue weighted by Crippen LogP contribution is -2.40. The van der Waals surface area contributed by atoms with Crippen LogP contribution in [0.5, 0.6) is 11.5 Å². The monoisotopic (exact) mass is 466 g/mol. The van der Waals surface area contributed by atoms with Crippen LogP contribution in [0.1, 0.15) is 28.5 Å². The molecule has 0 saturated carbocycles. The number of nitrogens with two attached hydrogens (primary N) is 1. The van der Waals surface area contributed by atoms with E-state index >= 15 is 0 Å². The van der Waals surface area contributed by atoms with Crippen molar-refractivity contribution in [3.05, 3.63) is 125 Å². The molecular formula is C29H26N2O4. The highest BCUT2D eigenvalue weighted by Crippen LogP contribution is 2.50. The maximum Gasteiger partial charge on any atom is 0.255 e. The number of amides is 1. The molecule has 1 heterocycles. The van der Waals surface area contributed by atoms with E-state index in [0.29, 0.717) is 11.5 Å². The first kappa shape index (κ1) is 22.5. The van der Waals surface area contributed by atoms with Gasteiger partial charge in [0.15, 0.2) is 24.3 Å². The van der Waals surface area contributed by atoms with E-state index in [-0.39, 0.29) is 6.61 Å². The highest BCUT2D eigenvalue weighted by atomic mass is 16.5. The molecule has 6 nitrogen and oxygen atoms in total. The topological polar surface area (TPSA) is 82.8 Å². The molecule has 0 radical (unpaired) electrons. The number of ether oxygens (including phenoxy) is 3. The number of rotatable bonds is 7. The largest absolute Gasteiger partial charge is 0.493 e. The summed E-state index contributed by atoms with van der Waals surface area (Å²) in [6.07, 6.45) is -0.496.